The highest BCUT2D eigenvalue weighted by molar-refractivity contribution is 6.03. The number of benzene rings is 2. The van der Waals surface area contributed by atoms with E-state index in [-0.39, 0.29) is 24.5 Å². The number of carbonyl (C=O) groups excluding carboxylic acids is 1. The van der Waals surface area contributed by atoms with Gasteiger partial charge in [0.25, 0.3) is 5.91 Å². The van der Waals surface area contributed by atoms with Gasteiger partial charge in [-0.05, 0) is 11.5 Å². The SMILES string of the molecule is O=C(O)COCCNC(=O)c1ccc2ccccc2c1O. The molecule has 110 valence electrons. The molecule has 0 aromatic heterocycles. The molecule has 0 spiro atoms. The van der Waals surface area contributed by atoms with Crippen LogP contribution in [0.2, 0.25) is 0 Å². The smallest absolute Gasteiger partial charge is 0.329 e. The molecule has 0 radical (unpaired) electrons. The number of hydrogen-bond acceptors (Lipinski definition) is 4. The first-order valence-electron chi connectivity index (χ1n) is 6.38. The lowest BCUT2D eigenvalue weighted by Gasteiger charge is -2.09. The number of hydrogen-bond donors (Lipinski definition) is 3. The maximum Gasteiger partial charge on any atom is 0.329 e. The van der Waals surface area contributed by atoms with Crippen LogP contribution in [0, 0.1) is 0 Å². The Balaban J connectivity index is 1.99. The lowest BCUT2D eigenvalue weighted by atomic mass is 10.0. The molecule has 0 heterocycles. The zero-order valence-corrected chi connectivity index (χ0v) is 11.2. The van der Waals surface area contributed by atoms with Gasteiger partial charge in [0.1, 0.15) is 12.4 Å². The monoisotopic (exact) mass is 289 g/mol. The number of carbonyl (C=O) groups is 2. The molecule has 6 heteroatoms. The quantitative estimate of drug-likeness (QED) is 0.698. The molecular weight excluding hydrogens is 274 g/mol. The average Bonchev–Trinajstić information content (AvgIpc) is 2.47. The Morgan fingerprint density at radius 1 is 1.14 bits per heavy atom. The molecule has 3 N–H and O–H groups in total. The number of rotatable bonds is 6. The van der Waals surface area contributed by atoms with Crippen LogP contribution in [0.1, 0.15) is 10.4 Å². The van der Waals surface area contributed by atoms with Crippen LogP contribution in [0.3, 0.4) is 0 Å². The Hall–Kier alpha value is -2.60. The Kier molecular flexibility index (Phi) is 4.73. The van der Waals surface area contributed by atoms with Crippen molar-refractivity contribution in [3.63, 3.8) is 0 Å². The lowest BCUT2D eigenvalue weighted by Crippen LogP contribution is -2.28. The van der Waals surface area contributed by atoms with Gasteiger partial charge in [0.2, 0.25) is 0 Å². The van der Waals surface area contributed by atoms with Gasteiger partial charge >= 0.3 is 5.97 Å². The maximum atomic E-state index is 12.0. The van der Waals surface area contributed by atoms with E-state index in [1.807, 2.05) is 12.1 Å². The minimum atomic E-state index is -1.06. The number of carboxylic acid groups (broad SMARTS) is 1. The Morgan fingerprint density at radius 2 is 1.90 bits per heavy atom. The van der Waals surface area contributed by atoms with Crippen molar-refractivity contribution in [2.24, 2.45) is 0 Å². The Bertz CT molecular complexity index is 668. The molecule has 2 rings (SSSR count). The average molecular weight is 289 g/mol. The predicted octanol–water partition coefficient (Wildman–Crippen LogP) is 1.38. The van der Waals surface area contributed by atoms with Crippen LogP contribution in [0.25, 0.3) is 10.8 Å². The van der Waals surface area contributed by atoms with Gasteiger partial charge in [-0.3, -0.25) is 4.79 Å². The van der Waals surface area contributed by atoms with Gasteiger partial charge in [-0.15, -0.1) is 0 Å². The maximum absolute atomic E-state index is 12.0. The number of aliphatic carboxylic acids is 1. The van der Waals surface area contributed by atoms with Crippen molar-refractivity contribution in [1.82, 2.24) is 5.32 Å². The van der Waals surface area contributed by atoms with Crippen molar-refractivity contribution in [1.29, 1.82) is 0 Å². The minimum Gasteiger partial charge on any atom is -0.506 e. The number of amides is 1. The standard InChI is InChI=1S/C15H15NO5/c17-13(18)9-21-8-7-16-15(20)12-6-5-10-3-1-2-4-11(10)14(12)19/h1-6,19H,7-9H2,(H,16,20)(H,17,18). The fourth-order valence-corrected chi connectivity index (χ4v) is 1.93. The van der Waals surface area contributed by atoms with Crippen molar-refractivity contribution < 1.29 is 24.5 Å². The van der Waals surface area contributed by atoms with Crippen LogP contribution in [-0.4, -0.2) is 41.8 Å². The molecule has 2 aromatic carbocycles. The second-order valence-corrected chi connectivity index (χ2v) is 4.39. The highest BCUT2D eigenvalue weighted by atomic mass is 16.5. The summed E-state index contributed by atoms with van der Waals surface area (Å²) in [5, 5.41) is 22.5. The van der Waals surface area contributed by atoms with Crippen LogP contribution in [0.4, 0.5) is 0 Å². The van der Waals surface area contributed by atoms with Crippen LogP contribution in [-0.2, 0) is 9.53 Å². The zero-order chi connectivity index (χ0) is 15.2. The summed E-state index contributed by atoms with van der Waals surface area (Å²) >= 11 is 0. The van der Waals surface area contributed by atoms with Gasteiger partial charge in [0, 0.05) is 11.9 Å². The summed E-state index contributed by atoms with van der Waals surface area (Å²) in [6.45, 7) is -0.151. The molecule has 1 amide bonds. The summed E-state index contributed by atoms with van der Waals surface area (Å²) in [6.07, 6.45) is 0. The van der Waals surface area contributed by atoms with Crippen LogP contribution in [0.5, 0.6) is 5.75 Å². The lowest BCUT2D eigenvalue weighted by molar-refractivity contribution is -0.142. The molecule has 0 aliphatic rings. The third kappa shape index (κ3) is 3.70. The van der Waals surface area contributed by atoms with E-state index >= 15 is 0 Å². The molecule has 0 aliphatic carbocycles. The van der Waals surface area contributed by atoms with Crippen molar-refractivity contribution in [2.45, 2.75) is 0 Å². The van der Waals surface area contributed by atoms with Gasteiger partial charge in [0.05, 0.1) is 12.2 Å². The third-order valence-electron chi connectivity index (χ3n) is 2.90. The van der Waals surface area contributed by atoms with E-state index in [2.05, 4.69) is 5.32 Å². The normalized spacial score (nSPS) is 10.5. The van der Waals surface area contributed by atoms with E-state index in [4.69, 9.17) is 9.84 Å². The fourth-order valence-electron chi connectivity index (χ4n) is 1.93. The van der Waals surface area contributed by atoms with E-state index < -0.39 is 18.5 Å². The summed E-state index contributed by atoms with van der Waals surface area (Å²) in [4.78, 5) is 22.2. The molecular formula is C15H15NO5. The summed E-state index contributed by atoms with van der Waals surface area (Å²) in [7, 11) is 0. The molecule has 0 saturated heterocycles. The van der Waals surface area contributed by atoms with Gasteiger partial charge in [-0.25, -0.2) is 4.79 Å². The van der Waals surface area contributed by atoms with E-state index in [9.17, 15) is 14.7 Å². The first-order valence-corrected chi connectivity index (χ1v) is 6.38. The molecule has 2 aromatic rings. The molecule has 0 saturated carbocycles. The van der Waals surface area contributed by atoms with E-state index in [1.165, 1.54) is 0 Å². The van der Waals surface area contributed by atoms with Gasteiger partial charge in [-0.1, -0.05) is 30.3 Å². The second-order valence-electron chi connectivity index (χ2n) is 4.39. The zero-order valence-electron chi connectivity index (χ0n) is 11.2. The Morgan fingerprint density at radius 3 is 2.67 bits per heavy atom. The molecule has 0 bridgehead atoms. The molecule has 0 unspecified atom stereocenters. The first-order chi connectivity index (χ1) is 10.1. The van der Waals surface area contributed by atoms with Crippen molar-refractivity contribution in [3.05, 3.63) is 42.0 Å². The van der Waals surface area contributed by atoms with Crippen molar-refractivity contribution in [3.8, 4) is 5.75 Å². The van der Waals surface area contributed by atoms with Crippen LogP contribution in [0.15, 0.2) is 36.4 Å². The molecule has 0 atom stereocenters. The van der Waals surface area contributed by atoms with Gasteiger partial charge in [-0.2, -0.15) is 0 Å². The van der Waals surface area contributed by atoms with Crippen LogP contribution >= 0.6 is 0 Å². The number of fused-ring (bicyclic) bond motifs is 1. The minimum absolute atomic E-state index is 0.0722. The number of carboxylic acids is 1. The highest BCUT2D eigenvalue weighted by Gasteiger charge is 2.13. The Labute approximate surface area is 121 Å². The third-order valence-corrected chi connectivity index (χ3v) is 2.90. The molecule has 0 aliphatic heterocycles. The van der Waals surface area contributed by atoms with Crippen molar-refractivity contribution in [2.75, 3.05) is 19.8 Å². The first kappa shape index (κ1) is 14.8. The van der Waals surface area contributed by atoms with E-state index in [0.717, 1.165) is 5.39 Å². The fraction of sp³-hybridized carbons (Fsp3) is 0.200. The molecule has 21 heavy (non-hydrogen) atoms. The number of phenols is 1. The highest BCUT2D eigenvalue weighted by Crippen LogP contribution is 2.28. The number of nitrogens with one attached hydrogen (secondary N) is 1. The number of ether oxygens (including phenoxy) is 1. The predicted molar refractivity (Wildman–Crippen MR) is 76.4 cm³/mol. The number of aromatic hydroxyl groups is 1. The van der Waals surface area contributed by atoms with Crippen LogP contribution < -0.4 is 5.32 Å². The van der Waals surface area contributed by atoms with E-state index in [1.54, 1.807) is 24.3 Å². The van der Waals surface area contributed by atoms with Crippen molar-refractivity contribution >= 4 is 22.6 Å². The summed E-state index contributed by atoms with van der Waals surface area (Å²) in [5.74, 6) is -1.57. The largest absolute Gasteiger partial charge is 0.506 e. The second kappa shape index (κ2) is 6.71. The summed E-state index contributed by atoms with van der Waals surface area (Å²) in [5.41, 5.74) is 0.173. The summed E-state index contributed by atoms with van der Waals surface area (Å²) < 4.78 is 4.81. The van der Waals surface area contributed by atoms with E-state index in [0.29, 0.717) is 5.39 Å². The summed E-state index contributed by atoms with van der Waals surface area (Å²) in [6, 6.07) is 10.5. The molecule has 0 fully saturated rings. The van der Waals surface area contributed by atoms with Gasteiger partial charge in [0.15, 0.2) is 0 Å². The number of phenolic OH excluding ortho intramolecular Hbond substituents is 1. The van der Waals surface area contributed by atoms with Gasteiger partial charge < -0.3 is 20.3 Å². The topological polar surface area (TPSA) is 95.9 Å². The molecule has 6 nitrogen and oxygen atoms in total.